The summed E-state index contributed by atoms with van der Waals surface area (Å²) < 4.78 is 4.75. The molecular formula is C15H20N4O3S. The number of hydrogen-bond acceptors (Lipinski definition) is 6. The average molecular weight is 336 g/mol. The molecule has 124 valence electrons. The van der Waals surface area contributed by atoms with E-state index in [4.69, 9.17) is 4.74 Å². The highest BCUT2D eigenvalue weighted by Gasteiger charge is 2.22. The standard InChI is InChI=1S/C15H20N4O3S/c1-7(2)13-17-15(19-18-13)23-6-10(20)12-8(3)11(9(4)16-12)14(21)22-5/h7,16H,6H2,1-5H3,(H,17,18,19). The van der Waals surface area contributed by atoms with Crippen molar-refractivity contribution in [2.45, 2.75) is 38.8 Å². The van der Waals surface area contributed by atoms with Gasteiger partial charge in [-0.2, -0.15) is 0 Å². The highest BCUT2D eigenvalue weighted by molar-refractivity contribution is 7.99. The van der Waals surface area contributed by atoms with Crippen molar-refractivity contribution in [3.63, 3.8) is 0 Å². The van der Waals surface area contributed by atoms with E-state index in [0.29, 0.717) is 27.7 Å². The Balaban J connectivity index is 2.10. The second kappa shape index (κ2) is 6.99. The van der Waals surface area contributed by atoms with Crippen LogP contribution in [0, 0.1) is 13.8 Å². The molecule has 2 aromatic heterocycles. The largest absolute Gasteiger partial charge is 0.465 e. The maximum absolute atomic E-state index is 12.4. The number of carbonyl (C=O) groups is 2. The van der Waals surface area contributed by atoms with Crippen LogP contribution < -0.4 is 0 Å². The molecule has 0 aliphatic rings. The topological polar surface area (TPSA) is 101 Å². The van der Waals surface area contributed by atoms with Gasteiger partial charge in [0.15, 0.2) is 5.78 Å². The number of methoxy groups -OCH3 is 1. The molecule has 2 aromatic rings. The lowest BCUT2D eigenvalue weighted by atomic mass is 10.1. The minimum Gasteiger partial charge on any atom is -0.465 e. The average Bonchev–Trinajstić information content (AvgIpc) is 3.09. The highest BCUT2D eigenvalue weighted by Crippen LogP contribution is 2.22. The highest BCUT2D eigenvalue weighted by atomic mass is 32.2. The number of Topliss-reactive ketones (excluding diaryl/α,β-unsaturated/α-hetero) is 1. The van der Waals surface area contributed by atoms with Crippen LogP contribution in [0.25, 0.3) is 0 Å². The Kier molecular flexibility index (Phi) is 5.25. The van der Waals surface area contributed by atoms with Crippen LogP contribution in [0.1, 0.15) is 57.7 Å². The third kappa shape index (κ3) is 3.64. The Morgan fingerprint density at radius 3 is 2.57 bits per heavy atom. The normalized spacial score (nSPS) is 11.0. The lowest BCUT2D eigenvalue weighted by Crippen LogP contribution is -2.07. The van der Waals surface area contributed by atoms with Gasteiger partial charge in [0, 0.05) is 11.6 Å². The molecule has 2 heterocycles. The summed E-state index contributed by atoms with van der Waals surface area (Å²) in [6.45, 7) is 7.50. The number of thioether (sulfide) groups is 1. The number of nitrogens with zero attached hydrogens (tertiary/aromatic N) is 2. The van der Waals surface area contributed by atoms with Gasteiger partial charge in [-0.1, -0.05) is 25.6 Å². The zero-order chi connectivity index (χ0) is 17.1. The molecule has 2 rings (SSSR count). The van der Waals surface area contributed by atoms with Crippen molar-refractivity contribution in [3.05, 3.63) is 28.3 Å². The number of nitrogens with one attached hydrogen (secondary N) is 2. The fraction of sp³-hybridized carbons (Fsp3) is 0.467. The first kappa shape index (κ1) is 17.3. The number of aromatic amines is 2. The zero-order valence-corrected chi connectivity index (χ0v) is 14.6. The van der Waals surface area contributed by atoms with E-state index in [-0.39, 0.29) is 17.5 Å². The molecule has 0 aliphatic heterocycles. The van der Waals surface area contributed by atoms with Crippen LogP contribution >= 0.6 is 11.8 Å². The van der Waals surface area contributed by atoms with Gasteiger partial charge in [-0.25, -0.2) is 9.78 Å². The first-order valence-electron chi connectivity index (χ1n) is 7.20. The van der Waals surface area contributed by atoms with E-state index >= 15 is 0 Å². The van der Waals surface area contributed by atoms with E-state index in [1.165, 1.54) is 18.9 Å². The van der Waals surface area contributed by atoms with Crippen molar-refractivity contribution in [1.82, 2.24) is 20.2 Å². The third-order valence-electron chi connectivity index (χ3n) is 3.47. The number of ether oxygens (including phenoxy) is 1. The number of aromatic nitrogens is 4. The molecule has 0 aliphatic carbocycles. The van der Waals surface area contributed by atoms with Crippen molar-refractivity contribution in [2.75, 3.05) is 12.9 Å². The number of ketones is 1. The van der Waals surface area contributed by atoms with Crippen LogP contribution in [0.2, 0.25) is 0 Å². The Bertz CT molecular complexity index is 733. The van der Waals surface area contributed by atoms with E-state index in [1.807, 2.05) is 13.8 Å². The summed E-state index contributed by atoms with van der Waals surface area (Å²) in [6.07, 6.45) is 0. The fourth-order valence-corrected chi connectivity index (χ4v) is 2.90. The van der Waals surface area contributed by atoms with Gasteiger partial charge in [0.05, 0.1) is 24.1 Å². The number of carbonyl (C=O) groups excluding carboxylic acids is 2. The summed E-state index contributed by atoms with van der Waals surface area (Å²) in [4.78, 5) is 31.4. The summed E-state index contributed by atoms with van der Waals surface area (Å²) in [5.74, 6) is 0.681. The van der Waals surface area contributed by atoms with Crippen molar-refractivity contribution in [1.29, 1.82) is 0 Å². The smallest absolute Gasteiger partial charge is 0.339 e. The predicted molar refractivity (Wildman–Crippen MR) is 87.1 cm³/mol. The molecule has 8 heteroatoms. The Morgan fingerprint density at radius 1 is 1.30 bits per heavy atom. The summed E-state index contributed by atoms with van der Waals surface area (Å²) in [6, 6.07) is 0. The second-order valence-electron chi connectivity index (χ2n) is 5.49. The molecule has 0 atom stereocenters. The number of aryl methyl sites for hydroxylation is 1. The minimum atomic E-state index is -0.446. The molecular weight excluding hydrogens is 316 g/mol. The first-order valence-corrected chi connectivity index (χ1v) is 8.19. The van der Waals surface area contributed by atoms with Gasteiger partial charge in [0.25, 0.3) is 0 Å². The van der Waals surface area contributed by atoms with Gasteiger partial charge in [-0.05, 0) is 19.4 Å². The summed E-state index contributed by atoms with van der Waals surface area (Å²) in [7, 11) is 1.32. The van der Waals surface area contributed by atoms with Gasteiger partial charge in [0.1, 0.15) is 5.82 Å². The molecule has 7 nitrogen and oxygen atoms in total. The molecule has 0 spiro atoms. The second-order valence-corrected chi connectivity index (χ2v) is 6.43. The summed E-state index contributed by atoms with van der Waals surface area (Å²) in [5.41, 5.74) is 2.08. The molecule has 2 N–H and O–H groups in total. The molecule has 0 saturated heterocycles. The fourth-order valence-electron chi connectivity index (χ4n) is 2.22. The van der Waals surface area contributed by atoms with E-state index < -0.39 is 5.97 Å². The molecule has 0 amide bonds. The van der Waals surface area contributed by atoms with Crippen LogP contribution in [-0.4, -0.2) is 44.8 Å². The van der Waals surface area contributed by atoms with Crippen molar-refractivity contribution < 1.29 is 14.3 Å². The lowest BCUT2D eigenvalue weighted by Gasteiger charge is -2.00. The van der Waals surface area contributed by atoms with Crippen LogP contribution in [0.3, 0.4) is 0 Å². The Morgan fingerprint density at radius 2 is 2.00 bits per heavy atom. The summed E-state index contributed by atoms with van der Waals surface area (Å²) in [5, 5.41) is 7.47. The van der Waals surface area contributed by atoms with Crippen molar-refractivity contribution >= 4 is 23.5 Å². The zero-order valence-electron chi connectivity index (χ0n) is 13.8. The van der Waals surface area contributed by atoms with Crippen molar-refractivity contribution in [3.8, 4) is 0 Å². The van der Waals surface area contributed by atoms with Crippen LogP contribution in [0.5, 0.6) is 0 Å². The third-order valence-corrected chi connectivity index (χ3v) is 4.31. The SMILES string of the molecule is COC(=O)c1c(C)[nH]c(C(=O)CSc2n[nH]c(C(C)C)n2)c1C. The quantitative estimate of drug-likeness (QED) is 0.478. The molecule has 0 radical (unpaired) electrons. The lowest BCUT2D eigenvalue weighted by molar-refractivity contribution is 0.0599. The maximum atomic E-state index is 12.4. The van der Waals surface area contributed by atoms with E-state index in [2.05, 4.69) is 20.2 Å². The number of rotatable bonds is 6. The first-order chi connectivity index (χ1) is 10.8. The van der Waals surface area contributed by atoms with Gasteiger partial charge in [-0.15, -0.1) is 5.10 Å². The molecule has 0 fully saturated rings. The Labute approximate surface area is 138 Å². The van der Waals surface area contributed by atoms with Gasteiger partial charge < -0.3 is 9.72 Å². The number of hydrogen-bond donors (Lipinski definition) is 2. The molecule has 23 heavy (non-hydrogen) atoms. The Hall–Kier alpha value is -2.09. The van der Waals surface area contributed by atoms with Crippen molar-refractivity contribution in [2.24, 2.45) is 0 Å². The maximum Gasteiger partial charge on any atom is 0.339 e. The predicted octanol–water partition coefficient (Wildman–Crippen LogP) is 2.63. The summed E-state index contributed by atoms with van der Waals surface area (Å²) >= 11 is 1.26. The van der Waals surface area contributed by atoms with Gasteiger partial charge >= 0.3 is 5.97 Å². The van der Waals surface area contributed by atoms with Crippen LogP contribution in [-0.2, 0) is 4.74 Å². The molecule has 0 unspecified atom stereocenters. The molecule has 0 saturated carbocycles. The number of H-pyrrole nitrogens is 2. The molecule has 0 aromatic carbocycles. The van der Waals surface area contributed by atoms with Gasteiger partial charge in [-0.3, -0.25) is 9.89 Å². The minimum absolute atomic E-state index is 0.110. The van der Waals surface area contributed by atoms with Gasteiger partial charge in [0.2, 0.25) is 5.16 Å². The van der Waals surface area contributed by atoms with E-state index in [9.17, 15) is 9.59 Å². The van der Waals surface area contributed by atoms with E-state index in [1.54, 1.807) is 13.8 Å². The van der Waals surface area contributed by atoms with E-state index in [0.717, 1.165) is 5.82 Å². The van der Waals surface area contributed by atoms with Crippen LogP contribution in [0.15, 0.2) is 5.16 Å². The number of esters is 1. The molecule has 0 bridgehead atoms. The van der Waals surface area contributed by atoms with Crippen LogP contribution in [0.4, 0.5) is 0 Å². The monoisotopic (exact) mass is 336 g/mol.